The second kappa shape index (κ2) is 15.0. The summed E-state index contributed by atoms with van der Waals surface area (Å²) in [5.41, 5.74) is 4.32. The summed E-state index contributed by atoms with van der Waals surface area (Å²) in [6.45, 7) is 28.8. The lowest BCUT2D eigenvalue weighted by Crippen LogP contribution is -2.49. The summed E-state index contributed by atoms with van der Waals surface area (Å²) >= 11 is 0. The van der Waals surface area contributed by atoms with Crippen LogP contribution in [0, 0.1) is 11.3 Å². The second-order valence-corrected chi connectivity index (χ2v) is 27.4. The molecule has 0 spiro atoms. The summed E-state index contributed by atoms with van der Waals surface area (Å²) in [6, 6.07) is 0. The van der Waals surface area contributed by atoms with Crippen LogP contribution < -0.4 is 5.32 Å². The molecule has 3 aliphatic carbocycles. The number of alkyl halides is 5. The first-order valence-electron chi connectivity index (χ1n) is 18.0. The number of nitrogens with one attached hydrogen (secondary N) is 1. The monoisotopic (exact) mass is 747 g/mol. The predicted molar refractivity (Wildman–Crippen MR) is 196 cm³/mol. The Morgan fingerprint density at radius 3 is 2.16 bits per heavy atom. The average Bonchev–Trinajstić information content (AvgIpc) is 3.31. The summed E-state index contributed by atoms with van der Waals surface area (Å²) in [5.74, 6) is -5.80. The number of amides is 1. The fourth-order valence-corrected chi connectivity index (χ4v) is 9.57. The maximum atomic E-state index is 13.3. The summed E-state index contributed by atoms with van der Waals surface area (Å²) in [4.78, 5) is 12.1. The minimum absolute atomic E-state index is 0.0343. The standard InChI is InChI=1S/C38H62F5NO4Si2/c1-25-28(21-29(47-49(10,11)34(3,4)5)22-32(25)48-50(12,13)35(6,7)8)17-16-27-15-14-20-36(9)30(18-19-31(27)36)26(2)46-23-33(45)44-24-37(39,40)38(41,42)43/h16-18,26,29,31-32H,1,14-15,19-24H2,2-13H3,(H,44,45)/b27-16+,28-17-/t26-,29?,31?,32?,36+/m0/s1. The van der Waals surface area contributed by atoms with E-state index in [1.807, 2.05) is 0 Å². The number of hydrogen-bond donors (Lipinski definition) is 1. The van der Waals surface area contributed by atoms with Crippen LogP contribution in [-0.4, -0.2) is 66.1 Å². The lowest BCUT2D eigenvalue weighted by atomic mass is 9.63. The van der Waals surface area contributed by atoms with Gasteiger partial charge in [0, 0.05) is 6.42 Å². The highest BCUT2D eigenvalue weighted by Gasteiger charge is 2.57. The third-order valence-corrected chi connectivity index (χ3v) is 21.2. The molecule has 0 aromatic heterocycles. The number of carbonyl (C=O) groups is 1. The summed E-state index contributed by atoms with van der Waals surface area (Å²) < 4.78 is 83.7. The smallest absolute Gasteiger partial charge is 0.413 e. The minimum atomic E-state index is -5.74. The molecule has 2 fully saturated rings. The van der Waals surface area contributed by atoms with E-state index in [1.54, 1.807) is 12.2 Å². The molecule has 0 aliphatic heterocycles. The number of ether oxygens (including phenoxy) is 1. The Labute approximate surface area is 299 Å². The van der Waals surface area contributed by atoms with Gasteiger partial charge in [0.15, 0.2) is 16.6 Å². The first-order chi connectivity index (χ1) is 22.5. The van der Waals surface area contributed by atoms with E-state index in [4.69, 9.17) is 13.6 Å². The van der Waals surface area contributed by atoms with Crippen molar-refractivity contribution in [3.05, 3.63) is 47.1 Å². The second-order valence-electron chi connectivity index (χ2n) is 17.9. The third-order valence-electron chi connectivity index (χ3n) is 12.2. The highest BCUT2D eigenvalue weighted by molar-refractivity contribution is 6.74. The SMILES string of the molecule is C=C1/C(=C\C=C2/CCC[C@]3(C)C([C@H](C)OCC(=O)NCC(F)(F)C(F)(F)F)=CCC23)CC(O[Si](C)(C)C(C)(C)C)CC1O[Si](C)(C)C(C)(C)C. The average molecular weight is 748 g/mol. The maximum Gasteiger partial charge on any atom is 0.455 e. The zero-order chi connectivity index (χ0) is 38.3. The molecular weight excluding hydrogens is 686 g/mol. The van der Waals surface area contributed by atoms with Gasteiger partial charge in [-0.05, 0) is 103 Å². The van der Waals surface area contributed by atoms with Crippen LogP contribution in [0.2, 0.25) is 36.3 Å². The molecule has 1 amide bonds. The van der Waals surface area contributed by atoms with Crippen LogP contribution in [0.4, 0.5) is 22.0 Å². The molecule has 0 aromatic rings. The van der Waals surface area contributed by atoms with Gasteiger partial charge in [0.2, 0.25) is 5.91 Å². The van der Waals surface area contributed by atoms with Gasteiger partial charge in [-0.1, -0.05) is 78.8 Å². The molecule has 12 heteroatoms. The lowest BCUT2D eigenvalue weighted by molar-refractivity contribution is -0.278. The normalized spacial score (nSPS) is 28.1. The molecule has 3 unspecified atom stereocenters. The van der Waals surface area contributed by atoms with Crippen molar-refractivity contribution >= 4 is 22.5 Å². The van der Waals surface area contributed by atoms with E-state index in [0.717, 1.165) is 55.2 Å². The fourth-order valence-electron chi connectivity index (χ4n) is 6.90. The van der Waals surface area contributed by atoms with Gasteiger partial charge in [0.25, 0.3) is 0 Å². The first-order valence-corrected chi connectivity index (χ1v) is 23.8. The molecule has 0 heterocycles. The predicted octanol–water partition coefficient (Wildman–Crippen LogP) is 10.8. The van der Waals surface area contributed by atoms with Crippen molar-refractivity contribution in [2.24, 2.45) is 11.3 Å². The van der Waals surface area contributed by atoms with E-state index >= 15 is 0 Å². The molecule has 286 valence electrons. The summed E-state index contributed by atoms with van der Waals surface area (Å²) in [7, 11) is -4.14. The van der Waals surface area contributed by atoms with Crippen molar-refractivity contribution in [3.63, 3.8) is 0 Å². The fraction of sp³-hybridized carbons (Fsp3) is 0.763. The van der Waals surface area contributed by atoms with E-state index in [9.17, 15) is 26.7 Å². The molecule has 0 aromatic carbocycles. The molecule has 0 bridgehead atoms. The Hall–Kier alpha value is -1.61. The molecule has 1 N–H and O–H groups in total. The summed E-state index contributed by atoms with van der Waals surface area (Å²) in [5, 5.41) is 1.79. The van der Waals surface area contributed by atoms with Gasteiger partial charge >= 0.3 is 12.1 Å². The van der Waals surface area contributed by atoms with Crippen molar-refractivity contribution in [1.29, 1.82) is 0 Å². The maximum absolute atomic E-state index is 13.3. The first kappa shape index (κ1) is 42.8. The van der Waals surface area contributed by atoms with E-state index in [2.05, 4.69) is 99.5 Å². The van der Waals surface area contributed by atoms with Crippen molar-refractivity contribution in [1.82, 2.24) is 5.32 Å². The zero-order valence-corrected chi connectivity index (χ0v) is 34.4. The van der Waals surface area contributed by atoms with Crippen LogP contribution in [0.1, 0.15) is 93.9 Å². The molecule has 2 saturated carbocycles. The number of halogens is 5. The molecule has 5 nitrogen and oxygen atoms in total. The topological polar surface area (TPSA) is 56.8 Å². The molecule has 3 aliphatic rings. The summed E-state index contributed by atoms with van der Waals surface area (Å²) in [6.07, 6.45) is 5.52. The molecule has 50 heavy (non-hydrogen) atoms. The van der Waals surface area contributed by atoms with Gasteiger partial charge in [-0.15, -0.1) is 0 Å². The van der Waals surface area contributed by atoms with Crippen LogP contribution in [0.15, 0.2) is 47.1 Å². The third kappa shape index (κ3) is 9.68. The Morgan fingerprint density at radius 1 is 1.02 bits per heavy atom. The van der Waals surface area contributed by atoms with Crippen LogP contribution in [0.5, 0.6) is 0 Å². The van der Waals surface area contributed by atoms with Crippen molar-refractivity contribution < 1.29 is 40.3 Å². The number of carbonyl (C=O) groups excluding carboxylic acids is 1. The van der Waals surface area contributed by atoms with Gasteiger partial charge in [-0.25, -0.2) is 0 Å². The Bertz CT molecular complexity index is 1360. The van der Waals surface area contributed by atoms with Crippen LogP contribution in [0.3, 0.4) is 0 Å². The van der Waals surface area contributed by atoms with Gasteiger partial charge in [0.1, 0.15) is 6.61 Å². The molecular formula is C38H62F5NO4Si2. The highest BCUT2D eigenvalue weighted by Crippen LogP contribution is 2.56. The van der Waals surface area contributed by atoms with E-state index in [-0.39, 0.29) is 33.6 Å². The van der Waals surface area contributed by atoms with Crippen LogP contribution in [-0.2, 0) is 18.4 Å². The largest absolute Gasteiger partial charge is 0.455 e. The van der Waals surface area contributed by atoms with Gasteiger partial charge in [0.05, 0.1) is 24.9 Å². The number of hydrogen-bond acceptors (Lipinski definition) is 4. The Morgan fingerprint density at radius 2 is 1.60 bits per heavy atom. The number of rotatable bonds is 11. The number of allylic oxidation sites excluding steroid dienone is 4. The van der Waals surface area contributed by atoms with E-state index < -0.39 is 53.9 Å². The Kier molecular flexibility index (Phi) is 12.9. The van der Waals surface area contributed by atoms with Crippen molar-refractivity contribution in [2.45, 2.75) is 161 Å². The Balaban J connectivity index is 1.79. The lowest BCUT2D eigenvalue weighted by Gasteiger charge is -2.45. The molecule has 0 saturated heterocycles. The van der Waals surface area contributed by atoms with Gasteiger partial charge in [-0.3, -0.25) is 4.79 Å². The highest BCUT2D eigenvalue weighted by atomic mass is 28.4. The molecule has 3 rings (SSSR count). The van der Waals surface area contributed by atoms with Gasteiger partial charge in [-0.2, -0.15) is 22.0 Å². The molecule has 0 radical (unpaired) electrons. The van der Waals surface area contributed by atoms with Crippen LogP contribution >= 0.6 is 0 Å². The quantitative estimate of drug-likeness (QED) is 0.130. The number of fused-ring (bicyclic) bond motifs is 1. The molecule has 5 atom stereocenters. The minimum Gasteiger partial charge on any atom is -0.413 e. The zero-order valence-electron chi connectivity index (χ0n) is 32.4. The van der Waals surface area contributed by atoms with Crippen molar-refractivity contribution in [3.8, 4) is 0 Å². The van der Waals surface area contributed by atoms with Gasteiger partial charge < -0.3 is 18.9 Å². The van der Waals surface area contributed by atoms with E-state index in [1.165, 1.54) is 5.57 Å². The van der Waals surface area contributed by atoms with E-state index in [0.29, 0.717) is 0 Å². The van der Waals surface area contributed by atoms with Crippen LogP contribution in [0.25, 0.3) is 0 Å². The van der Waals surface area contributed by atoms with Crippen molar-refractivity contribution in [2.75, 3.05) is 13.2 Å².